The van der Waals surface area contributed by atoms with Crippen LogP contribution in [-0.2, 0) is 0 Å². The molecule has 2 aliphatic heterocycles. The van der Waals surface area contributed by atoms with Crippen LogP contribution in [0.3, 0.4) is 0 Å². The maximum Gasteiger partial charge on any atom is 0.341 e. The van der Waals surface area contributed by atoms with Gasteiger partial charge in [0, 0.05) is 6.92 Å². The molecule has 148 valence electrons. The fourth-order valence-corrected chi connectivity index (χ4v) is 7.36. The largest absolute Gasteiger partial charge is 0.341 e. The number of allylic oxidation sites excluding steroid dienone is 6. The molecule has 0 bridgehead atoms. The smallest absolute Gasteiger partial charge is 0.228 e. The van der Waals surface area contributed by atoms with E-state index in [0.29, 0.717) is 10.5 Å². The van der Waals surface area contributed by atoms with Crippen molar-refractivity contribution in [1.82, 2.24) is 9.97 Å². The number of hydrogen-bond acceptors (Lipinski definition) is 4. The van der Waals surface area contributed by atoms with E-state index >= 15 is 0 Å². The van der Waals surface area contributed by atoms with E-state index in [0.717, 1.165) is 22.8 Å². The summed E-state index contributed by atoms with van der Waals surface area (Å²) in [6, 6.07) is 0. The van der Waals surface area contributed by atoms with Crippen LogP contribution in [0.1, 0.15) is 11.3 Å². The van der Waals surface area contributed by atoms with Crippen molar-refractivity contribution in [3.63, 3.8) is 0 Å². The molecule has 4 nitrogen and oxygen atoms in total. The molecule has 2 atom stereocenters. The zero-order valence-corrected chi connectivity index (χ0v) is 19.0. The molecule has 2 aliphatic carbocycles. The molecule has 4 heterocycles. The first-order valence-corrected chi connectivity index (χ1v) is 11.9. The molecule has 6 heteroatoms. The summed E-state index contributed by atoms with van der Waals surface area (Å²) in [5, 5.41) is 1.84. The molecule has 2 unspecified atom stereocenters. The van der Waals surface area contributed by atoms with Gasteiger partial charge in [-0.2, -0.15) is 0 Å². The highest BCUT2D eigenvalue weighted by Gasteiger charge is 2.39. The lowest BCUT2D eigenvalue weighted by atomic mass is 10.1. The Hall–Kier alpha value is -2.44. The summed E-state index contributed by atoms with van der Waals surface area (Å²) in [4.78, 5) is 12.8. The van der Waals surface area contributed by atoms with Gasteiger partial charge >= 0.3 is 11.6 Å². The van der Waals surface area contributed by atoms with Gasteiger partial charge in [-0.25, -0.2) is 9.15 Å². The number of rotatable bonds is 0. The van der Waals surface area contributed by atoms with E-state index in [9.17, 15) is 0 Å². The number of fused-ring (bicyclic) bond motifs is 6. The van der Waals surface area contributed by atoms with Crippen LogP contribution in [0.2, 0.25) is 0 Å². The van der Waals surface area contributed by atoms with Gasteiger partial charge in [0.15, 0.2) is 10.6 Å². The van der Waals surface area contributed by atoms with Crippen LogP contribution in [0.5, 0.6) is 0 Å². The van der Waals surface area contributed by atoms with Gasteiger partial charge in [0.05, 0.1) is 30.0 Å². The number of hydrogen-bond donors (Lipinski definition) is 0. The second-order valence-electron chi connectivity index (χ2n) is 8.00. The SMILES string of the molecule is Cc1nc2c(c3nc4c(c(C)c13)SC1C=CC=CC1=[N+]4C)SC1C=CC=CC1=[N+]2C. The second-order valence-corrected chi connectivity index (χ2v) is 10.3. The Morgan fingerprint density at radius 2 is 1.33 bits per heavy atom. The quantitative estimate of drug-likeness (QED) is 0.558. The molecule has 0 saturated carbocycles. The van der Waals surface area contributed by atoms with Gasteiger partial charge in [-0.05, 0) is 34.6 Å². The molecule has 30 heavy (non-hydrogen) atoms. The lowest BCUT2D eigenvalue weighted by Crippen LogP contribution is -2.29. The fourth-order valence-electron chi connectivity index (χ4n) is 4.68. The second kappa shape index (κ2) is 6.53. The monoisotopic (exact) mass is 430 g/mol. The minimum absolute atomic E-state index is 0.301. The lowest BCUT2D eigenvalue weighted by molar-refractivity contribution is -0.413. The Morgan fingerprint density at radius 3 is 1.97 bits per heavy atom. The van der Waals surface area contributed by atoms with Crippen LogP contribution in [0.25, 0.3) is 10.9 Å². The Kier molecular flexibility index (Phi) is 3.99. The van der Waals surface area contributed by atoms with Gasteiger partial charge in [-0.1, -0.05) is 48.2 Å². The van der Waals surface area contributed by atoms with Crippen molar-refractivity contribution >= 4 is 57.5 Å². The van der Waals surface area contributed by atoms with Crippen LogP contribution < -0.4 is 0 Å². The molecular formula is C24H22N4S2+2. The van der Waals surface area contributed by atoms with Crippen LogP contribution >= 0.6 is 23.5 Å². The maximum absolute atomic E-state index is 5.28. The first kappa shape index (κ1) is 18.3. The zero-order valence-electron chi connectivity index (χ0n) is 17.4. The summed E-state index contributed by atoms with van der Waals surface area (Å²) in [5.41, 5.74) is 5.99. The maximum atomic E-state index is 5.28. The molecule has 0 spiro atoms. The van der Waals surface area contributed by atoms with E-state index in [-0.39, 0.29) is 0 Å². The van der Waals surface area contributed by atoms with Gasteiger partial charge in [-0.15, -0.1) is 11.8 Å². The van der Waals surface area contributed by atoms with Gasteiger partial charge in [0.2, 0.25) is 5.52 Å². The predicted molar refractivity (Wildman–Crippen MR) is 127 cm³/mol. The standard InChI is InChI=1S/C24H22N4S2/c1-13-19-14(2)25-24-22(30-18-12-8-6-10-16(18)28(24)4)20(19)26-23-21(13)29-17-11-7-5-9-15(17)27(23)3/h5-12,17-18H,1-4H3/q+2. The Balaban J connectivity index is 1.68. The van der Waals surface area contributed by atoms with E-state index in [1.54, 1.807) is 0 Å². The number of nitrogens with zero attached hydrogens (tertiary/aromatic N) is 4. The Morgan fingerprint density at radius 1 is 0.767 bits per heavy atom. The molecule has 6 rings (SSSR count). The summed E-state index contributed by atoms with van der Waals surface area (Å²) < 4.78 is 4.50. The molecule has 2 aromatic rings. The van der Waals surface area contributed by atoms with E-state index < -0.39 is 0 Å². The first-order chi connectivity index (χ1) is 14.5. The minimum Gasteiger partial charge on any atom is -0.228 e. The van der Waals surface area contributed by atoms with E-state index in [1.165, 1.54) is 32.2 Å². The summed E-state index contributed by atoms with van der Waals surface area (Å²) in [6.07, 6.45) is 17.4. The van der Waals surface area contributed by atoms with E-state index in [1.807, 2.05) is 23.5 Å². The highest BCUT2D eigenvalue weighted by molar-refractivity contribution is 8.01. The van der Waals surface area contributed by atoms with Crippen LogP contribution in [0.15, 0.2) is 58.4 Å². The van der Waals surface area contributed by atoms with Crippen LogP contribution in [0.4, 0.5) is 11.6 Å². The summed E-state index contributed by atoms with van der Waals surface area (Å²) in [7, 11) is 4.26. The van der Waals surface area contributed by atoms with Crippen molar-refractivity contribution in [2.24, 2.45) is 0 Å². The van der Waals surface area contributed by atoms with Crippen molar-refractivity contribution in [1.29, 1.82) is 0 Å². The molecule has 0 saturated heterocycles. The highest BCUT2D eigenvalue weighted by atomic mass is 32.2. The summed E-state index contributed by atoms with van der Waals surface area (Å²) >= 11 is 3.77. The average Bonchev–Trinajstić information content (AvgIpc) is 2.76. The third kappa shape index (κ3) is 2.44. The fraction of sp³-hybridized carbons (Fsp3) is 0.250. The summed E-state index contributed by atoms with van der Waals surface area (Å²) in [5.74, 6) is 2.07. The van der Waals surface area contributed by atoms with Gasteiger partial charge in [0.25, 0.3) is 0 Å². The van der Waals surface area contributed by atoms with Crippen molar-refractivity contribution in [3.05, 3.63) is 59.9 Å². The summed E-state index contributed by atoms with van der Waals surface area (Å²) in [6.45, 7) is 4.35. The average molecular weight is 431 g/mol. The topological polar surface area (TPSA) is 31.8 Å². The van der Waals surface area contributed by atoms with Crippen molar-refractivity contribution in [3.8, 4) is 0 Å². The number of pyridine rings is 2. The van der Waals surface area contributed by atoms with Gasteiger partial charge in [-0.3, -0.25) is 0 Å². The van der Waals surface area contributed by atoms with E-state index in [2.05, 4.69) is 85.7 Å². The molecule has 0 fully saturated rings. The molecule has 0 N–H and O–H groups in total. The normalized spacial score (nSPS) is 23.6. The molecule has 4 aliphatic rings. The van der Waals surface area contributed by atoms with Gasteiger partial charge in [0.1, 0.15) is 16.3 Å². The molecule has 0 radical (unpaired) electrons. The van der Waals surface area contributed by atoms with Crippen LogP contribution in [-0.4, -0.2) is 55.1 Å². The van der Waals surface area contributed by atoms with E-state index in [4.69, 9.17) is 9.97 Å². The third-order valence-electron chi connectivity index (χ3n) is 6.24. The Labute approximate surface area is 184 Å². The minimum atomic E-state index is 0.301. The predicted octanol–water partition coefficient (Wildman–Crippen LogP) is 4.88. The number of aryl methyl sites for hydroxylation is 2. The number of thioether (sulfide) groups is 2. The number of aromatic nitrogens is 2. The van der Waals surface area contributed by atoms with Gasteiger partial charge < -0.3 is 0 Å². The lowest BCUT2D eigenvalue weighted by Gasteiger charge is -2.25. The zero-order chi connectivity index (χ0) is 20.6. The highest BCUT2D eigenvalue weighted by Crippen LogP contribution is 2.47. The first-order valence-electron chi connectivity index (χ1n) is 10.1. The van der Waals surface area contributed by atoms with Crippen molar-refractivity contribution < 1.29 is 9.15 Å². The molecule has 2 aromatic heterocycles. The van der Waals surface area contributed by atoms with Crippen LogP contribution in [0, 0.1) is 13.8 Å². The molecule has 0 amide bonds. The Bertz CT molecular complexity index is 1340. The molecular weight excluding hydrogens is 408 g/mol. The third-order valence-corrected chi connectivity index (χ3v) is 8.88. The molecule has 0 aromatic carbocycles. The van der Waals surface area contributed by atoms with Crippen molar-refractivity contribution in [2.45, 2.75) is 34.1 Å². The van der Waals surface area contributed by atoms with Crippen molar-refractivity contribution in [2.75, 3.05) is 14.1 Å².